The fourth-order valence-electron chi connectivity index (χ4n) is 2.87. The van der Waals surface area contributed by atoms with Crippen molar-refractivity contribution in [3.8, 4) is 0 Å². The maximum atomic E-state index is 12.5. The van der Waals surface area contributed by atoms with Crippen molar-refractivity contribution in [2.24, 2.45) is 10.8 Å². The summed E-state index contributed by atoms with van der Waals surface area (Å²) in [4.78, 5) is 36.5. The van der Waals surface area contributed by atoms with E-state index < -0.39 is 10.8 Å². The minimum absolute atomic E-state index is 0.183. The number of carbonyl (C=O) groups is 3. The van der Waals surface area contributed by atoms with Crippen LogP contribution >= 0.6 is 0 Å². The lowest BCUT2D eigenvalue weighted by atomic mass is 9.66. The zero-order valence-corrected chi connectivity index (χ0v) is 15.2. The summed E-state index contributed by atoms with van der Waals surface area (Å²) in [5.74, 6) is -0.688. The number of hydrogen-bond acceptors (Lipinski definition) is 4. The van der Waals surface area contributed by atoms with Crippen molar-refractivity contribution in [1.29, 1.82) is 0 Å². The van der Waals surface area contributed by atoms with Crippen molar-refractivity contribution in [1.82, 2.24) is 0 Å². The Bertz CT molecular complexity index is 497. The van der Waals surface area contributed by atoms with Crippen LogP contribution in [0.1, 0.15) is 79.6 Å². The topological polar surface area (TPSA) is 60.4 Å². The first kappa shape index (κ1) is 19.6. The molecule has 0 saturated heterocycles. The highest BCUT2D eigenvalue weighted by Crippen LogP contribution is 2.41. The molecule has 0 unspecified atom stereocenters. The van der Waals surface area contributed by atoms with E-state index in [2.05, 4.69) is 6.92 Å². The van der Waals surface area contributed by atoms with Gasteiger partial charge in [-0.05, 0) is 34.1 Å². The molecule has 0 aromatic heterocycles. The van der Waals surface area contributed by atoms with Crippen LogP contribution in [0.2, 0.25) is 0 Å². The Morgan fingerprint density at radius 3 is 2.13 bits per heavy atom. The third-order valence-electron chi connectivity index (χ3n) is 4.59. The van der Waals surface area contributed by atoms with Gasteiger partial charge < -0.3 is 4.74 Å². The lowest BCUT2D eigenvalue weighted by Gasteiger charge is -2.36. The van der Waals surface area contributed by atoms with Crippen LogP contribution in [0.5, 0.6) is 0 Å². The lowest BCUT2D eigenvalue weighted by molar-refractivity contribution is -0.148. The third-order valence-corrected chi connectivity index (χ3v) is 4.59. The Kier molecular flexibility index (Phi) is 6.72. The molecule has 0 fully saturated rings. The van der Waals surface area contributed by atoms with Crippen LogP contribution in [0.25, 0.3) is 0 Å². The molecule has 0 atom stereocenters. The average molecular weight is 322 g/mol. The van der Waals surface area contributed by atoms with Gasteiger partial charge in [0.05, 0.1) is 10.8 Å². The molecule has 23 heavy (non-hydrogen) atoms. The minimum Gasteiger partial charge on any atom is -0.430 e. The van der Waals surface area contributed by atoms with Gasteiger partial charge in [0.15, 0.2) is 11.6 Å². The number of Topliss-reactive ketones (excluding diaryl/α,β-unsaturated/α-hetero) is 1. The van der Waals surface area contributed by atoms with Crippen LogP contribution in [0.15, 0.2) is 11.8 Å². The van der Waals surface area contributed by atoms with E-state index in [1.807, 2.05) is 0 Å². The quantitative estimate of drug-likeness (QED) is 0.378. The maximum Gasteiger partial charge on any atom is 0.310 e. The van der Waals surface area contributed by atoms with Crippen molar-refractivity contribution >= 4 is 17.5 Å². The van der Waals surface area contributed by atoms with Crippen LogP contribution in [0.4, 0.5) is 0 Å². The van der Waals surface area contributed by atoms with Gasteiger partial charge in [0, 0.05) is 12.5 Å². The van der Waals surface area contributed by atoms with E-state index in [1.165, 1.54) is 25.3 Å². The van der Waals surface area contributed by atoms with Gasteiger partial charge in [0.2, 0.25) is 0 Å². The van der Waals surface area contributed by atoms with Crippen molar-refractivity contribution in [2.75, 3.05) is 0 Å². The van der Waals surface area contributed by atoms with E-state index >= 15 is 0 Å². The smallest absolute Gasteiger partial charge is 0.310 e. The second-order valence-corrected chi connectivity index (χ2v) is 7.44. The van der Waals surface area contributed by atoms with Gasteiger partial charge in [0.1, 0.15) is 5.76 Å². The molecule has 0 amide bonds. The van der Waals surface area contributed by atoms with Crippen LogP contribution in [0.3, 0.4) is 0 Å². The summed E-state index contributed by atoms with van der Waals surface area (Å²) in [5.41, 5.74) is -2.01. The number of ketones is 2. The Hall–Kier alpha value is -1.45. The van der Waals surface area contributed by atoms with Gasteiger partial charge >= 0.3 is 5.97 Å². The fraction of sp³-hybridized carbons (Fsp3) is 0.737. The number of rotatable bonds is 8. The van der Waals surface area contributed by atoms with Crippen LogP contribution in [-0.2, 0) is 19.1 Å². The molecule has 4 nitrogen and oxygen atoms in total. The predicted octanol–water partition coefficient (Wildman–Crippen LogP) is 4.37. The Balaban J connectivity index is 2.57. The van der Waals surface area contributed by atoms with Gasteiger partial charge in [-0.1, -0.05) is 39.0 Å². The van der Waals surface area contributed by atoms with Gasteiger partial charge in [0.25, 0.3) is 0 Å². The summed E-state index contributed by atoms with van der Waals surface area (Å²) in [6.07, 6.45) is 8.18. The molecular formula is C19H30O4. The molecular weight excluding hydrogens is 292 g/mol. The zero-order valence-electron chi connectivity index (χ0n) is 15.2. The number of ether oxygens (including phenoxy) is 1. The number of unbranched alkanes of at least 4 members (excludes halogenated alkanes) is 5. The Morgan fingerprint density at radius 1 is 0.957 bits per heavy atom. The number of hydrogen-bond donors (Lipinski definition) is 0. The fourth-order valence-corrected chi connectivity index (χ4v) is 2.87. The van der Waals surface area contributed by atoms with Gasteiger partial charge in [-0.3, -0.25) is 14.4 Å². The second-order valence-electron chi connectivity index (χ2n) is 7.44. The summed E-state index contributed by atoms with van der Waals surface area (Å²) in [6.45, 7) is 8.80. The molecule has 1 aliphatic carbocycles. The molecule has 0 saturated carbocycles. The van der Waals surface area contributed by atoms with Crippen molar-refractivity contribution in [3.63, 3.8) is 0 Å². The molecule has 0 aromatic rings. The molecule has 0 radical (unpaired) electrons. The van der Waals surface area contributed by atoms with E-state index in [1.54, 1.807) is 27.7 Å². The van der Waals surface area contributed by atoms with E-state index in [4.69, 9.17) is 4.74 Å². The molecule has 0 N–H and O–H groups in total. The molecule has 0 aliphatic heterocycles. The summed E-state index contributed by atoms with van der Waals surface area (Å²) in [7, 11) is 0. The van der Waals surface area contributed by atoms with Crippen molar-refractivity contribution in [2.45, 2.75) is 79.6 Å². The zero-order chi connectivity index (χ0) is 17.7. The number of carbonyl (C=O) groups excluding carboxylic acids is 3. The molecule has 1 aliphatic rings. The summed E-state index contributed by atoms with van der Waals surface area (Å²) in [6, 6.07) is 0. The Labute approximate surface area is 139 Å². The van der Waals surface area contributed by atoms with Crippen LogP contribution < -0.4 is 0 Å². The molecule has 0 aromatic carbocycles. The number of esters is 1. The highest BCUT2D eigenvalue weighted by Gasteiger charge is 2.50. The normalized spacial score (nSPS) is 19.4. The molecule has 130 valence electrons. The van der Waals surface area contributed by atoms with Gasteiger partial charge in [-0.25, -0.2) is 0 Å². The molecule has 1 rings (SSSR count). The van der Waals surface area contributed by atoms with Crippen LogP contribution in [-0.4, -0.2) is 17.5 Å². The van der Waals surface area contributed by atoms with Crippen molar-refractivity contribution < 1.29 is 19.1 Å². The summed E-state index contributed by atoms with van der Waals surface area (Å²) < 4.78 is 5.35. The third kappa shape index (κ3) is 4.76. The summed E-state index contributed by atoms with van der Waals surface area (Å²) >= 11 is 0. The van der Waals surface area contributed by atoms with E-state index in [0.29, 0.717) is 6.42 Å². The largest absolute Gasteiger partial charge is 0.430 e. The van der Waals surface area contributed by atoms with E-state index in [-0.39, 0.29) is 23.3 Å². The first-order chi connectivity index (χ1) is 10.6. The highest BCUT2D eigenvalue weighted by atomic mass is 16.5. The predicted molar refractivity (Wildman–Crippen MR) is 89.7 cm³/mol. The minimum atomic E-state index is -1.06. The first-order valence-electron chi connectivity index (χ1n) is 8.66. The lowest BCUT2D eigenvalue weighted by Crippen LogP contribution is -2.47. The maximum absolute atomic E-state index is 12.5. The summed E-state index contributed by atoms with van der Waals surface area (Å²) in [5, 5.41) is 0. The van der Waals surface area contributed by atoms with E-state index in [0.717, 1.165) is 19.3 Å². The van der Waals surface area contributed by atoms with Gasteiger partial charge in [-0.15, -0.1) is 0 Å². The molecule has 0 spiro atoms. The monoisotopic (exact) mass is 322 g/mol. The molecule has 4 heteroatoms. The first-order valence-corrected chi connectivity index (χ1v) is 8.66. The Morgan fingerprint density at radius 2 is 1.52 bits per heavy atom. The van der Waals surface area contributed by atoms with Crippen LogP contribution in [0, 0.1) is 10.8 Å². The average Bonchev–Trinajstić information content (AvgIpc) is 2.47. The molecule has 0 bridgehead atoms. The number of allylic oxidation sites excluding steroid dienone is 2. The highest BCUT2D eigenvalue weighted by molar-refractivity contribution is 6.16. The van der Waals surface area contributed by atoms with Gasteiger partial charge in [-0.2, -0.15) is 0 Å². The van der Waals surface area contributed by atoms with E-state index in [9.17, 15) is 14.4 Å². The SMILES string of the molecule is CCCCCCCCC(=O)OC1=CC(=O)C(C)(C)C(=O)C1(C)C. The standard InChI is InChI=1S/C19H30O4/c1-6-7-8-9-10-11-12-16(21)23-15-13-14(20)18(2,3)17(22)19(15,4)5/h13H,6-12H2,1-5H3. The van der Waals surface area contributed by atoms with Crippen molar-refractivity contribution in [3.05, 3.63) is 11.8 Å². The second kappa shape index (κ2) is 7.89. The molecule has 0 heterocycles.